The van der Waals surface area contributed by atoms with Gasteiger partial charge in [-0.15, -0.1) is 11.3 Å². The van der Waals surface area contributed by atoms with Crippen molar-refractivity contribution in [3.05, 3.63) is 161 Å². The van der Waals surface area contributed by atoms with Crippen LogP contribution in [0.3, 0.4) is 0 Å². The van der Waals surface area contributed by atoms with Gasteiger partial charge in [0.15, 0.2) is 0 Å². The summed E-state index contributed by atoms with van der Waals surface area (Å²) >= 11 is 2.03. The van der Waals surface area contributed by atoms with Crippen molar-refractivity contribution >= 4 is 88.9 Å². The first kappa shape index (κ1) is 46.7. The lowest BCUT2D eigenvalue weighted by Gasteiger charge is -2.46. The molecular formula is C68H71BN2OS. The van der Waals surface area contributed by atoms with E-state index in [-0.39, 0.29) is 39.3 Å². The lowest BCUT2D eigenvalue weighted by molar-refractivity contribution is 0.332. The third kappa shape index (κ3) is 6.89. The molecule has 368 valence electrons. The number of hydrogen-bond donors (Lipinski definition) is 0. The van der Waals surface area contributed by atoms with E-state index < -0.39 is 0 Å². The molecule has 0 saturated heterocycles. The van der Waals surface area contributed by atoms with Gasteiger partial charge in [-0.25, -0.2) is 0 Å². The van der Waals surface area contributed by atoms with E-state index in [2.05, 4.69) is 234 Å². The summed E-state index contributed by atoms with van der Waals surface area (Å²) in [7, 11) is 0. The van der Waals surface area contributed by atoms with Crippen molar-refractivity contribution in [1.82, 2.24) is 0 Å². The van der Waals surface area contributed by atoms with Gasteiger partial charge in [0.1, 0.15) is 11.2 Å². The fourth-order valence-corrected chi connectivity index (χ4v) is 14.8. The van der Waals surface area contributed by atoms with E-state index in [1.807, 2.05) is 11.3 Å². The van der Waals surface area contributed by atoms with Gasteiger partial charge in [0.2, 0.25) is 0 Å². The molecule has 7 aromatic carbocycles. The Labute approximate surface area is 438 Å². The standard InChI is InChI=1S/C68H71BN2OS/c1-63(2,3)41-24-28-53(45(34-41)40-20-16-15-17-21-40)70-55-38-46-44-22-18-19-23-56(44)72-61(46)58-47-35-42(64(4,5)6)25-29-54(47)71(43-26-27-49-50(36-43)66(9,10)31-30-65(49,7)8)69(59(55)58)62-60(70)48-37-51-52(39-57(48)73-62)68(13,14)33-32-67(51,11)12/h15-29,34-39H,30-33H2,1-14H3. The molecule has 73 heavy (non-hydrogen) atoms. The highest BCUT2D eigenvalue weighted by Crippen LogP contribution is 2.57. The first-order valence-corrected chi connectivity index (χ1v) is 27.9. The van der Waals surface area contributed by atoms with Crippen LogP contribution in [0.4, 0.5) is 28.4 Å². The zero-order valence-corrected chi connectivity index (χ0v) is 46.6. The third-order valence-corrected chi connectivity index (χ3v) is 19.5. The predicted molar refractivity (Wildman–Crippen MR) is 316 cm³/mol. The summed E-state index contributed by atoms with van der Waals surface area (Å²) in [5, 5.41) is 3.64. The van der Waals surface area contributed by atoms with Crippen molar-refractivity contribution in [1.29, 1.82) is 0 Å². The van der Waals surface area contributed by atoms with Crippen LogP contribution < -0.4 is 20.0 Å². The average Bonchev–Trinajstić information content (AvgIpc) is 3.92. The number of benzene rings is 7. The summed E-state index contributed by atoms with van der Waals surface area (Å²) in [5.74, 6) is 0. The van der Waals surface area contributed by atoms with Gasteiger partial charge >= 0.3 is 6.85 Å². The molecule has 0 bridgehead atoms. The Morgan fingerprint density at radius 3 is 1.74 bits per heavy atom. The van der Waals surface area contributed by atoms with E-state index >= 15 is 0 Å². The molecule has 0 fully saturated rings. The molecule has 0 N–H and O–H groups in total. The SMILES string of the molecule is CC(C)(C)c1ccc2c(c1)-c1c3c(cc4c1oc1ccccc14)N(c1ccc(C(C)(C)C)cc1-c1ccccc1)c1c(sc4cc5c(cc14)C(C)(C)CCC5(C)C)B3N2c1ccc2c(c1)C(C)(C)CCC2(C)C. The van der Waals surface area contributed by atoms with Crippen LogP contribution in [0.2, 0.25) is 0 Å². The van der Waals surface area contributed by atoms with Crippen molar-refractivity contribution < 1.29 is 4.42 Å². The normalized spacial score (nSPS) is 18.1. The molecule has 0 saturated carbocycles. The summed E-state index contributed by atoms with van der Waals surface area (Å²) < 4.78 is 10.0. The number of hydrogen-bond acceptors (Lipinski definition) is 4. The minimum Gasteiger partial charge on any atom is -0.455 e. The first-order valence-electron chi connectivity index (χ1n) is 27.1. The van der Waals surface area contributed by atoms with Gasteiger partial charge in [0.25, 0.3) is 0 Å². The molecule has 4 aliphatic rings. The summed E-state index contributed by atoms with van der Waals surface area (Å²) in [6.45, 7) is 33.7. The third-order valence-electron chi connectivity index (χ3n) is 18.3. The summed E-state index contributed by atoms with van der Waals surface area (Å²) in [5.41, 5.74) is 23.0. The van der Waals surface area contributed by atoms with Crippen LogP contribution in [0.15, 0.2) is 132 Å². The molecular weight excluding hydrogens is 904 g/mol. The topological polar surface area (TPSA) is 19.6 Å². The smallest absolute Gasteiger partial charge is 0.343 e. The minimum atomic E-state index is -0.149. The molecule has 13 rings (SSSR count). The highest BCUT2D eigenvalue weighted by Gasteiger charge is 2.50. The highest BCUT2D eigenvalue weighted by atomic mass is 32.1. The number of furan rings is 1. The van der Waals surface area contributed by atoms with E-state index in [4.69, 9.17) is 4.42 Å². The molecule has 4 heterocycles. The van der Waals surface area contributed by atoms with Gasteiger partial charge in [-0.05, 0) is 163 Å². The molecule has 0 amide bonds. The van der Waals surface area contributed by atoms with Crippen LogP contribution in [-0.2, 0) is 32.5 Å². The van der Waals surface area contributed by atoms with Crippen LogP contribution in [-0.4, -0.2) is 6.85 Å². The van der Waals surface area contributed by atoms with Crippen molar-refractivity contribution in [2.75, 3.05) is 9.71 Å². The van der Waals surface area contributed by atoms with Gasteiger partial charge in [-0.1, -0.05) is 164 Å². The molecule has 2 aliphatic heterocycles. The number of fused-ring (bicyclic) bond motifs is 12. The number of rotatable bonds is 3. The molecule has 0 radical (unpaired) electrons. The molecule has 0 spiro atoms. The second-order valence-electron chi connectivity index (χ2n) is 27.1. The minimum absolute atomic E-state index is 0.0359. The molecule has 0 atom stereocenters. The number of nitrogens with zero attached hydrogens (tertiary/aromatic N) is 2. The highest BCUT2D eigenvalue weighted by molar-refractivity contribution is 7.32. The fraction of sp³-hybridized carbons (Fsp3) is 0.353. The Morgan fingerprint density at radius 1 is 0.507 bits per heavy atom. The molecule has 3 nitrogen and oxygen atoms in total. The maximum Gasteiger partial charge on any atom is 0.343 e. The van der Waals surface area contributed by atoms with Crippen molar-refractivity contribution in [2.24, 2.45) is 0 Å². The number of anilines is 5. The second-order valence-corrected chi connectivity index (χ2v) is 28.2. The largest absolute Gasteiger partial charge is 0.455 e. The van der Waals surface area contributed by atoms with Crippen LogP contribution in [0.25, 0.3) is 54.3 Å². The van der Waals surface area contributed by atoms with Crippen LogP contribution in [0.5, 0.6) is 0 Å². The van der Waals surface area contributed by atoms with E-state index in [1.54, 1.807) is 0 Å². The quantitative estimate of drug-likeness (QED) is 0.165. The summed E-state index contributed by atoms with van der Waals surface area (Å²) in [6, 6.07) is 49.9. The van der Waals surface area contributed by atoms with Crippen LogP contribution in [0, 0.1) is 0 Å². The van der Waals surface area contributed by atoms with Crippen molar-refractivity contribution in [3.8, 4) is 22.3 Å². The molecule has 2 aliphatic carbocycles. The van der Waals surface area contributed by atoms with Gasteiger partial charge in [-0.2, -0.15) is 0 Å². The van der Waals surface area contributed by atoms with Gasteiger partial charge in [-0.3, -0.25) is 0 Å². The van der Waals surface area contributed by atoms with E-state index in [0.717, 1.165) is 34.8 Å². The molecule has 2 aromatic heterocycles. The lowest BCUT2D eigenvalue weighted by Crippen LogP contribution is -2.60. The zero-order chi connectivity index (χ0) is 51.1. The van der Waals surface area contributed by atoms with Gasteiger partial charge in [0, 0.05) is 59.4 Å². The van der Waals surface area contributed by atoms with Gasteiger partial charge < -0.3 is 14.1 Å². The van der Waals surface area contributed by atoms with Crippen molar-refractivity contribution in [2.45, 2.75) is 155 Å². The zero-order valence-electron chi connectivity index (χ0n) is 45.7. The summed E-state index contributed by atoms with van der Waals surface area (Å²) in [4.78, 5) is 5.49. The summed E-state index contributed by atoms with van der Waals surface area (Å²) in [6.07, 6.45) is 4.68. The average molecular weight is 975 g/mol. The van der Waals surface area contributed by atoms with E-state index in [0.29, 0.717) is 0 Å². The van der Waals surface area contributed by atoms with E-state index in [1.165, 1.54) is 117 Å². The Morgan fingerprint density at radius 2 is 1.08 bits per heavy atom. The second kappa shape index (κ2) is 15.3. The van der Waals surface area contributed by atoms with E-state index in [9.17, 15) is 0 Å². The number of thiophene rings is 1. The number of para-hydroxylation sites is 1. The molecule has 9 aromatic rings. The molecule has 0 unspecified atom stereocenters. The van der Waals surface area contributed by atoms with Crippen LogP contribution in [0.1, 0.15) is 156 Å². The first-order chi connectivity index (χ1) is 34.4. The van der Waals surface area contributed by atoms with Crippen LogP contribution >= 0.6 is 11.3 Å². The maximum atomic E-state index is 7.28. The molecule has 5 heteroatoms. The Bertz CT molecular complexity index is 3790. The monoisotopic (exact) mass is 975 g/mol. The lowest BCUT2D eigenvalue weighted by atomic mass is 9.46. The maximum absolute atomic E-state index is 7.28. The fourth-order valence-electron chi connectivity index (χ4n) is 13.5. The predicted octanol–water partition coefficient (Wildman–Crippen LogP) is 18.5. The Balaban J connectivity index is 1.23. The Hall–Kier alpha value is -6.04. The Kier molecular flexibility index (Phi) is 9.78. The van der Waals surface area contributed by atoms with Gasteiger partial charge in [0.05, 0.1) is 11.4 Å². The van der Waals surface area contributed by atoms with Crippen molar-refractivity contribution in [3.63, 3.8) is 0 Å².